The van der Waals surface area contributed by atoms with E-state index >= 15 is 0 Å². The standard InChI is InChI=1S/C15H21F4N4O7PS/c1-2-3-8(21-13(24)15(17,18)19)5-28-31(26,27)29-6-11-30-10(7-32-11)23-4-9(16)12(20)22-14(23)25/h4,8,10-11H,2-3,5-7H2,1H3,(H,21,24)(H,26,27)(H2,20,22,25)/t8-,10?,11?/m1/s1. The van der Waals surface area contributed by atoms with Crippen molar-refractivity contribution in [2.75, 3.05) is 24.7 Å². The lowest BCUT2D eigenvalue weighted by Gasteiger charge is -2.21. The van der Waals surface area contributed by atoms with E-state index in [9.17, 15) is 36.6 Å². The predicted molar refractivity (Wildman–Crippen MR) is 104 cm³/mol. The molecule has 2 rings (SSSR count). The van der Waals surface area contributed by atoms with Crippen molar-refractivity contribution < 1.29 is 45.6 Å². The van der Waals surface area contributed by atoms with Crippen LogP contribution in [0, 0.1) is 5.82 Å². The van der Waals surface area contributed by atoms with Gasteiger partial charge in [-0.3, -0.25) is 18.4 Å². The molecule has 0 aliphatic carbocycles. The minimum Gasteiger partial charge on any atom is -0.381 e. The van der Waals surface area contributed by atoms with Gasteiger partial charge in [-0.2, -0.15) is 18.2 Å². The number of phosphoric acid groups is 1. The van der Waals surface area contributed by atoms with Crippen LogP contribution in [0.5, 0.6) is 0 Å². The van der Waals surface area contributed by atoms with Crippen molar-refractivity contribution in [2.45, 2.75) is 43.6 Å². The molecule has 1 aromatic rings. The normalized spacial score (nSPS) is 21.8. The Hall–Kier alpha value is -1.71. The highest BCUT2D eigenvalue weighted by Gasteiger charge is 2.40. The van der Waals surface area contributed by atoms with Gasteiger partial charge in [0, 0.05) is 5.75 Å². The summed E-state index contributed by atoms with van der Waals surface area (Å²) in [6, 6.07) is -1.17. The first-order valence-corrected chi connectivity index (χ1v) is 11.7. The van der Waals surface area contributed by atoms with E-state index in [2.05, 4.69) is 4.98 Å². The van der Waals surface area contributed by atoms with E-state index in [-0.39, 0.29) is 12.2 Å². The summed E-state index contributed by atoms with van der Waals surface area (Å²) in [6.07, 6.45) is -4.79. The number of ether oxygens (including phenoxy) is 1. The maximum absolute atomic E-state index is 13.6. The minimum atomic E-state index is -5.11. The van der Waals surface area contributed by atoms with Crippen molar-refractivity contribution in [1.82, 2.24) is 14.9 Å². The Bertz CT molecular complexity index is 919. The van der Waals surface area contributed by atoms with Gasteiger partial charge in [-0.15, -0.1) is 11.8 Å². The number of aromatic nitrogens is 2. The lowest BCUT2D eigenvalue weighted by atomic mass is 10.2. The number of thioether (sulfide) groups is 1. The summed E-state index contributed by atoms with van der Waals surface area (Å²) in [7, 11) is -4.71. The smallest absolute Gasteiger partial charge is 0.381 e. The SMILES string of the molecule is CCC[C@H](COP(=O)(O)OCC1OC(n2cc(F)c(N)nc2=O)CS1)NC(=O)C(F)(F)F. The molecule has 11 nitrogen and oxygen atoms in total. The Balaban J connectivity index is 1.86. The number of nitrogens with one attached hydrogen (secondary N) is 1. The van der Waals surface area contributed by atoms with Crippen molar-refractivity contribution in [2.24, 2.45) is 0 Å². The first-order valence-electron chi connectivity index (χ1n) is 9.13. The summed E-state index contributed by atoms with van der Waals surface area (Å²) >= 11 is 1.09. The molecule has 0 saturated carbocycles. The molecule has 1 aromatic heterocycles. The van der Waals surface area contributed by atoms with Gasteiger partial charge < -0.3 is 20.7 Å². The van der Waals surface area contributed by atoms with E-state index < -0.39 is 68.2 Å². The number of alkyl halides is 3. The van der Waals surface area contributed by atoms with Gasteiger partial charge in [0.15, 0.2) is 11.6 Å². The van der Waals surface area contributed by atoms with Crippen LogP contribution in [-0.2, 0) is 23.1 Å². The van der Waals surface area contributed by atoms with Crippen LogP contribution in [0.2, 0.25) is 0 Å². The number of nitrogens with zero attached hydrogens (tertiary/aromatic N) is 2. The molecule has 1 fully saturated rings. The number of rotatable bonds is 10. The minimum absolute atomic E-state index is 0.0615. The molecular formula is C15H21F4N4O7PS. The molecule has 1 amide bonds. The van der Waals surface area contributed by atoms with Gasteiger partial charge >= 0.3 is 25.6 Å². The molecule has 0 radical (unpaired) electrons. The molecule has 4 atom stereocenters. The van der Waals surface area contributed by atoms with Crippen LogP contribution in [0.15, 0.2) is 11.0 Å². The Labute approximate surface area is 183 Å². The Kier molecular flexibility index (Phi) is 9.07. The van der Waals surface area contributed by atoms with Crippen molar-refractivity contribution >= 4 is 31.3 Å². The van der Waals surface area contributed by atoms with Crippen molar-refractivity contribution in [3.63, 3.8) is 0 Å². The predicted octanol–water partition coefficient (Wildman–Crippen LogP) is 1.53. The third-order valence-electron chi connectivity index (χ3n) is 4.02. The number of anilines is 1. The molecule has 0 bridgehead atoms. The number of nitrogen functional groups attached to an aromatic ring is 1. The molecule has 1 aliphatic rings. The van der Waals surface area contributed by atoms with Crippen LogP contribution in [0.3, 0.4) is 0 Å². The number of hydrogen-bond donors (Lipinski definition) is 3. The fourth-order valence-electron chi connectivity index (χ4n) is 2.53. The summed E-state index contributed by atoms with van der Waals surface area (Å²) in [5.74, 6) is -3.52. The number of amides is 1. The second-order valence-corrected chi connectivity index (χ2v) is 9.18. The lowest BCUT2D eigenvalue weighted by molar-refractivity contribution is -0.174. The summed E-state index contributed by atoms with van der Waals surface area (Å²) < 4.78 is 78.5. The van der Waals surface area contributed by atoms with E-state index in [1.807, 2.05) is 0 Å². The average molecular weight is 508 g/mol. The maximum Gasteiger partial charge on any atom is 0.472 e. The lowest BCUT2D eigenvalue weighted by Crippen LogP contribution is -2.45. The van der Waals surface area contributed by atoms with E-state index in [0.717, 1.165) is 22.5 Å². The average Bonchev–Trinajstić information content (AvgIpc) is 3.16. The number of halogens is 4. The second-order valence-electron chi connectivity index (χ2n) is 6.53. The monoisotopic (exact) mass is 508 g/mol. The molecule has 3 unspecified atom stereocenters. The third kappa shape index (κ3) is 7.71. The van der Waals surface area contributed by atoms with Gasteiger partial charge in [0.05, 0.1) is 25.5 Å². The highest BCUT2D eigenvalue weighted by Crippen LogP contribution is 2.45. The zero-order valence-electron chi connectivity index (χ0n) is 16.6. The molecule has 0 spiro atoms. The summed E-state index contributed by atoms with van der Waals surface area (Å²) in [4.78, 5) is 35.9. The highest BCUT2D eigenvalue weighted by atomic mass is 32.2. The van der Waals surface area contributed by atoms with Gasteiger partial charge in [-0.05, 0) is 6.42 Å². The Morgan fingerprint density at radius 1 is 1.53 bits per heavy atom. The first kappa shape index (κ1) is 26.5. The third-order valence-corrected chi connectivity index (χ3v) is 6.07. The number of hydrogen-bond acceptors (Lipinski definition) is 9. The van der Waals surface area contributed by atoms with E-state index in [1.165, 1.54) is 0 Å². The van der Waals surface area contributed by atoms with E-state index in [1.54, 1.807) is 12.2 Å². The van der Waals surface area contributed by atoms with Crippen LogP contribution in [0.25, 0.3) is 0 Å². The molecule has 32 heavy (non-hydrogen) atoms. The molecule has 17 heteroatoms. The molecule has 1 saturated heterocycles. The van der Waals surface area contributed by atoms with Crippen molar-refractivity contribution in [1.29, 1.82) is 0 Å². The number of carbonyl (C=O) groups is 1. The summed E-state index contributed by atoms with van der Waals surface area (Å²) in [5.41, 5.74) is 3.52. The van der Waals surface area contributed by atoms with Gasteiger partial charge in [-0.1, -0.05) is 13.3 Å². The van der Waals surface area contributed by atoms with Gasteiger partial charge in [-0.25, -0.2) is 13.8 Å². The quantitative estimate of drug-likeness (QED) is 0.313. The molecule has 0 aromatic carbocycles. The Morgan fingerprint density at radius 3 is 2.84 bits per heavy atom. The van der Waals surface area contributed by atoms with Gasteiger partial charge in [0.1, 0.15) is 11.7 Å². The Morgan fingerprint density at radius 2 is 2.22 bits per heavy atom. The largest absolute Gasteiger partial charge is 0.472 e. The van der Waals surface area contributed by atoms with E-state index in [0.29, 0.717) is 6.42 Å². The zero-order valence-corrected chi connectivity index (χ0v) is 18.3. The summed E-state index contributed by atoms with van der Waals surface area (Å²) in [5, 5.41) is 1.68. The fourth-order valence-corrected chi connectivity index (χ4v) is 4.39. The highest BCUT2D eigenvalue weighted by molar-refractivity contribution is 8.00. The second kappa shape index (κ2) is 10.9. The van der Waals surface area contributed by atoms with Gasteiger partial charge in [0.2, 0.25) is 0 Å². The van der Waals surface area contributed by atoms with Crippen LogP contribution >= 0.6 is 19.6 Å². The van der Waals surface area contributed by atoms with Gasteiger partial charge in [0.25, 0.3) is 0 Å². The summed E-state index contributed by atoms with van der Waals surface area (Å²) in [6.45, 7) is 0.457. The van der Waals surface area contributed by atoms with Crippen molar-refractivity contribution in [3.8, 4) is 0 Å². The van der Waals surface area contributed by atoms with Crippen LogP contribution < -0.4 is 16.7 Å². The number of carbonyl (C=O) groups excluding carboxylic acids is 1. The molecule has 1 aliphatic heterocycles. The van der Waals surface area contributed by atoms with E-state index in [4.69, 9.17) is 19.5 Å². The fraction of sp³-hybridized carbons (Fsp3) is 0.667. The van der Waals surface area contributed by atoms with Crippen LogP contribution in [-0.4, -0.2) is 57.0 Å². The van der Waals surface area contributed by atoms with Crippen LogP contribution in [0.1, 0.15) is 26.0 Å². The number of nitrogens with two attached hydrogens (primary N) is 1. The first-order chi connectivity index (χ1) is 14.8. The zero-order chi connectivity index (χ0) is 24.1. The van der Waals surface area contributed by atoms with Crippen LogP contribution in [0.4, 0.5) is 23.4 Å². The van der Waals surface area contributed by atoms with Crippen molar-refractivity contribution in [3.05, 3.63) is 22.5 Å². The maximum atomic E-state index is 13.6. The molecular weight excluding hydrogens is 487 g/mol. The molecule has 182 valence electrons. The topological polar surface area (TPSA) is 155 Å². The molecule has 4 N–H and O–H groups in total. The molecule has 2 heterocycles. The number of phosphoric ester groups is 1.